The molecule has 2 rings (SSSR count). The molecule has 0 aliphatic carbocycles. The summed E-state index contributed by atoms with van der Waals surface area (Å²) in [5.41, 5.74) is 3.33. The molecular weight excluding hydrogens is 222 g/mol. The maximum absolute atomic E-state index is 9.88. The summed E-state index contributed by atoms with van der Waals surface area (Å²) in [6.45, 7) is 1.86. The number of hydrogen-bond acceptors (Lipinski definition) is 4. The molecule has 2 unspecified atom stereocenters. The molecular formula is C12H17NO2S. The van der Waals surface area contributed by atoms with E-state index in [4.69, 9.17) is 0 Å². The number of fused-ring (bicyclic) bond motifs is 1. The van der Waals surface area contributed by atoms with Crippen molar-refractivity contribution in [2.24, 2.45) is 0 Å². The molecule has 1 aliphatic rings. The Morgan fingerprint density at radius 2 is 2.12 bits per heavy atom. The Kier molecular flexibility index (Phi) is 3.86. The third kappa shape index (κ3) is 2.40. The minimum absolute atomic E-state index is 0.264. The molecule has 0 aromatic heterocycles. The predicted molar refractivity (Wildman–Crippen MR) is 66.7 cm³/mol. The first-order valence-corrected chi connectivity index (χ1v) is 6.15. The van der Waals surface area contributed by atoms with Gasteiger partial charge in [0.05, 0.1) is 6.10 Å². The van der Waals surface area contributed by atoms with Crippen molar-refractivity contribution in [3.8, 4) is 0 Å². The van der Waals surface area contributed by atoms with E-state index in [0.717, 1.165) is 25.1 Å². The van der Waals surface area contributed by atoms with E-state index < -0.39 is 12.2 Å². The maximum atomic E-state index is 9.88. The Balaban J connectivity index is 2.22. The summed E-state index contributed by atoms with van der Waals surface area (Å²) in [5, 5.41) is 22.7. The van der Waals surface area contributed by atoms with Crippen LogP contribution < -0.4 is 5.32 Å². The number of aliphatic hydroxyl groups is 2. The molecule has 0 fully saturated rings. The van der Waals surface area contributed by atoms with Crippen LogP contribution >= 0.6 is 12.6 Å². The van der Waals surface area contributed by atoms with Crippen LogP contribution in [0.15, 0.2) is 18.2 Å². The highest BCUT2D eigenvalue weighted by Crippen LogP contribution is 2.22. The Labute approximate surface area is 101 Å². The number of rotatable bonds is 3. The van der Waals surface area contributed by atoms with Gasteiger partial charge in [0.15, 0.2) is 0 Å². The SMILES string of the molecule is OC(CS)C(O)c1ccc2c(c1)CCNC2. The van der Waals surface area contributed by atoms with E-state index in [-0.39, 0.29) is 5.75 Å². The molecule has 0 amide bonds. The summed E-state index contributed by atoms with van der Waals surface area (Å²) in [7, 11) is 0. The van der Waals surface area contributed by atoms with Gasteiger partial charge >= 0.3 is 0 Å². The zero-order chi connectivity index (χ0) is 11.5. The lowest BCUT2D eigenvalue weighted by molar-refractivity contribution is 0.0337. The van der Waals surface area contributed by atoms with Crippen LogP contribution in [0.2, 0.25) is 0 Å². The fourth-order valence-electron chi connectivity index (χ4n) is 2.00. The normalized spacial score (nSPS) is 18.9. The van der Waals surface area contributed by atoms with Crippen LogP contribution in [0.4, 0.5) is 0 Å². The van der Waals surface area contributed by atoms with Gasteiger partial charge in [0.1, 0.15) is 6.10 Å². The second-order valence-electron chi connectivity index (χ2n) is 4.15. The zero-order valence-corrected chi connectivity index (χ0v) is 9.95. The second kappa shape index (κ2) is 5.19. The van der Waals surface area contributed by atoms with Gasteiger partial charge in [-0.3, -0.25) is 0 Å². The fraction of sp³-hybridized carbons (Fsp3) is 0.500. The van der Waals surface area contributed by atoms with Gasteiger partial charge in [-0.2, -0.15) is 12.6 Å². The van der Waals surface area contributed by atoms with Crippen molar-refractivity contribution < 1.29 is 10.2 Å². The van der Waals surface area contributed by atoms with E-state index >= 15 is 0 Å². The summed E-state index contributed by atoms with van der Waals surface area (Å²) in [6.07, 6.45) is -0.659. The van der Waals surface area contributed by atoms with Gasteiger partial charge in [0, 0.05) is 12.3 Å². The number of aliphatic hydroxyl groups excluding tert-OH is 2. The maximum Gasteiger partial charge on any atom is 0.106 e. The third-order valence-electron chi connectivity index (χ3n) is 3.01. The lowest BCUT2D eigenvalue weighted by atomic mass is 9.95. The molecule has 0 radical (unpaired) electrons. The van der Waals surface area contributed by atoms with E-state index in [2.05, 4.69) is 17.9 Å². The van der Waals surface area contributed by atoms with Gasteiger partial charge in [-0.15, -0.1) is 0 Å². The van der Waals surface area contributed by atoms with Crippen molar-refractivity contribution in [2.75, 3.05) is 12.3 Å². The minimum Gasteiger partial charge on any atom is -0.389 e. The lowest BCUT2D eigenvalue weighted by Crippen LogP contribution is -2.25. The first-order valence-electron chi connectivity index (χ1n) is 5.52. The largest absolute Gasteiger partial charge is 0.389 e. The van der Waals surface area contributed by atoms with Gasteiger partial charge < -0.3 is 15.5 Å². The van der Waals surface area contributed by atoms with Crippen LogP contribution in [0.5, 0.6) is 0 Å². The number of thiol groups is 1. The van der Waals surface area contributed by atoms with E-state index in [1.807, 2.05) is 18.2 Å². The number of benzene rings is 1. The first-order chi connectivity index (χ1) is 7.72. The molecule has 88 valence electrons. The van der Waals surface area contributed by atoms with Crippen molar-refractivity contribution in [1.82, 2.24) is 5.32 Å². The first kappa shape index (κ1) is 11.9. The molecule has 16 heavy (non-hydrogen) atoms. The average Bonchev–Trinajstić information content (AvgIpc) is 2.36. The molecule has 1 aromatic rings. The summed E-state index contributed by atoms with van der Waals surface area (Å²) in [5.74, 6) is 0.264. The molecule has 0 saturated carbocycles. The molecule has 3 N–H and O–H groups in total. The summed E-state index contributed by atoms with van der Waals surface area (Å²) in [6, 6.07) is 5.89. The smallest absolute Gasteiger partial charge is 0.106 e. The third-order valence-corrected chi connectivity index (χ3v) is 3.38. The predicted octanol–water partition coefficient (Wildman–Crippen LogP) is 0.656. The highest BCUT2D eigenvalue weighted by molar-refractivity contribution is 7.80. The van der Waals surface area contributed by atoms with Crippen LogP contribution in [0.1, 0.15) is 22.8 Å². The summed E-state index contributed by atoms with van der Waals surface area (Å²) >= 11 is 3.98. The molecule has 4 heteroatoms. The molecule has 0 spiro atoms. The molecule has 1 aromatic carbocycles. The molecule has 1 heterocycles. The average molecular weight is 239 g/mol. The summed E-state index contributed by atoms with van der Waals surface area (Å²) in [4.78, 5) is 0. The number of nitrogens with one attached hydrogen (secondary N) is 1. The lowest BCUT2D eigenvalue weighted by Gasteiger charge is -2.21. The van der Waals surface area contributed by atoms with Crippen LogP contribution in [-0.2, 0) is 13.0 Å². The van der Waals surface area contributed by atoms with Crippen molar-refractivity contribution in [2.45, 2.75) is 25.2 Å². The Bertz CT molecular complexity index is 370. The Hall–Kier alpha value is -0.550. The molecule has 0 saturated heterocycles. The van der Waals surface area contributed by atoms with Crippen LogP contribution in [0.3, 0.4) is 0 Å². The van der Waals surface area contributed by atoms with E-state index in [0.29, 0.717) is 0 Å². The Morgan fingerprint density at radius 3 is 2.88 bits per heavy atom. The van der Waals surface area contributed by atoms with Crippen LogP contribution in [0, 0.1) is 0 Å². The monoisotopic (exact) mass is 239 g/mol. The van der Waals surface area contributed by atoms with Gasteiger partial charge in [-0.1, -0.05) is 18.2 Å². The standard InChI is InChI=1S/C12H17NO2S/c14-11(7-16)12(15)9-1-2-10-6-13-4-3-8(10)5-9/h1-2,5,11-16H,3-4,6-7H2. The van der Waals surface area contributed by atoms with Crippen molar-refractivity contribution in [3.05, 3.63) is 34.9 Å². The summed E-state index contributed by atoms with van der Waals surface area (Å²) < 4.78 is 0. The van der Waals surface area contributed by atoms with E-state index in [1.54, 1.807) is 0 Å². The zero-order valence-electron chi connectivity index (χ0n) is 9.06. The van der Waals surface area contributed by atoms with Gasteiger partial charge in [-0.25, -0.2) is 0 Å². The molecule has 3 nitrogen and oxygen atoms in total. The molecule has 2 atom stereocenters. The van der Waals surface area contributed by atoms with Crippen molar-refractivity contribution >= 4 is 12.6 Å². The number of hydrogen-bond donors (Lipinski definition) is 4. The van der Waals surface area contributed by atoms with Gasteiger partial charge in [0.25, 0.3) is 0 Å². The fourth-order valence-corrected chi connectivity index (χ4v) is 2.20. The minimum atomic E-state index is -0.835. The highest BCUT2D eigenvalue weighted by Gasteiger charge is 2.18. The Morgan fingerprint density at radius 1 is 1.31 bits per heavy atom. The van der Waals surface area contributed by atoms with Gasteiger partial charge in [-0.05, 0) is 29.7 Å². The topological polar surface area (TPSA) is 52.5 Å². The van der Waals surface area contributed by atoms with Crippen molar-refractivity contribution in [1.29, 1.82) is 0 Å². The van der Waals surface area contributed by atoms with E-state index in [9.17, 15) is 10.2 Å². The molecule has 0 bridgehead atoms. The quantitative estimate of drug-likeness (QED) is 0.586. The van der Waals surface area contributed by atoms with Gasteiger partial charge in [0.2, 0.25) is 0 Å². The molecule has 1 aliphatic heterocycles. The van der Waals surface area contributed by atoms with Crippen molar-refractivity contribution in [3.63, 3.8) is 0 Å². The second-order valence-corrected chi connectivity index (χ2v) is 4.51. The van der Waals surface area contributed by atoms with E-state index in [1.165, 1.54) is 11.1 Å². The van der Waals surface area contributed by atoms with Crippen LogP contribution in [0.25, 0.3) is 0 Å². The highest BCUT2D eigenvalue weighted by atomic mass is 32.1. The van der Waals surface area contributed by atoms with Crippen LogP contribution in [-0.4, -0.2) is 28.6 Å².